The standard InChI is InChI=1S/C26H21Cl2N7O2/c1-34-24-15(11-18(25(34)36)23-19(27)6-4-7-20(23)28)13-30-26(32-24)31-16-8-9-21(29-14-16)37-22-12-17-5-2-3-10-35(17)33-22/h4,6-9,11-14H,2-3,5,10H2,1H3,(H,30,31,32). The predicted molar refractivity (Wildman–Crippen MR) is 143 cm³/mol. The van der Waals surface area contributed by atoms with Gasteiger partial charge in [0.15, 0.2) is 0 Å². The van der Waals surface area contributed by atoms with Crippen LogP contribution in [0.2, 0.25) is 10.0 Å². The summed E-state index contributed by atoms with van der Waals surface area (Å²) in [6, 6.07) is 12.4. The summed E-state index contributed by atoms with van der Waals surface area (Å²) in [4.78, 5) is 26.5. The molecule has 37 heavy (non-hydrogen) atoms. The van der Waals surface area contributed by atoms with Gasteiger partial charge in [0.2, 0.25) is 17.7 Å². The molecule has 4 aromatic heterocycles. The first-order chi connectivity index (χ1) is 18.0. The van der Waals surface area contributed by atoms with Crippen LogP contribution in [0.3, 0.4) is 0 Å². The third-order valence-electron chi connectivity index (χ3n) is 6.28. The van der Waals surface area contributed by atoms with Gasteiger partial charge in [0.1, 0.15) is 5.65 Å². The van der Waals surface area contributed by atoms with Gasteiger partial charge in [-0.25, -0.2) is 9.97 Å². The van der Waals surface area contributed by atoms with Crippen LogP contribution < -0.4 is 15.6 Å². The summed E-state index contributed by atoms with van der Waals surface area (Å²) in [5.74, 6) is 1.30. The van der Waals surface area contributed by atoms with Crippen LogP contribution >= 0.6 is 23.2 Å². The Balaban J connectivity index is 1.24. The quantitative estimate of drug-likeness (QED) is 0.306. The van der Waals surface area contributed by atoms with Crippen LogP contribution in [-0.4, -0.2) is 29.3 Å². The van der Waals surface area contributed by atoms with Gasteiger partial charge in [-0.05, 0) is 43.5 Å². The summed E-state index contributed by atoms with van der Waals surface area (Å²) in [6.07, 6.45) is 6.59. The summed E-state index contributed by atoms with van der Waals surface area (Å²) in [5, 5.41) is 9.08. The fourth-order valence-electron chi connectivity index (χ4n) is 4.43. The lowest BCUT2D eigenvalue weighted by Crippen LogP contribution is -2.20. The van der Waals surface area contributed by atoms with Gasteiger partial charge in [-0.3, -0.25) is 14.0 Å². The minimum atomic E-state index is -0.267. The lowest BCUT2D eigenvalue weighted by molar-refractivity contribution is 0.421. The molecule has 9 nitrogen and oxygen atoms in total. The molecule has 0 radical (unpaired) electrons. The zero-order valence-corrected chi connectivity index (χ0v) is 21.3. The van der Waals surface area contributed by atoms with E-state index in [0.717, 1.165) is 19.4 Å². The van der Waals surface area contributed by atoms with Gasteiger partial charge in [0.25, 0.3) is 5.56 Å². The van der Waals surface area contributed by atoms with E-state index in [2.05, 4.69) is 25.4 Å². The number of aromatic nitrogens is 6. The van der Waals surface area contributed by atoms with Crippen molar-refractivity contribution in [3.05, 3.63) is 81.0 Å². The number of fused-ring (bicyclic) bond motifs is 2. The third kappa shape index (κ3) is 4.52. The number of halogens is 2. The topological polar surface area (TPSA) is 99.8 Å². The summed E-state index contributed by atoms with van der Waals surface area (Å²) in [6.45, 7) is 0.918. The molecule has 0 saturated carbocycles. The number of hydrogen-bond acceptors (Lipinski definition) is 7. The first kappa shape index (κ1) is 23.4. The van der Waals surface area contributed by atoms with Gasteiger partial charge in [-0.15, -0.1) is 5.10 Å². The second-order valence-electron chi connectivity index (χ2n) is 8.76. The van der Waals surface area contributed by atoms with E-state index in [9.17, 15) is 4.79 Å². The van der Waals surface area contributed by atoms with Crippen molar-refractivity contribution in [2.75, 3.05) is 5.32 Å². The van der Waals surface area contributed by atoms with Gasteiger partial charge in [-0.1, -0.05) is 29.3 Å². The van der Waals surface area contributed by atoms with Crippen molar-refractivity contribution in [3.8, 4) is 22.9 Å². The number of ether oxygens (including phenoxy) is 1. The van der Waals surface area contributed by atoms with Crippen LogP contribution in [0.15, 0.2) is 59.7 Å². The third-order valence-corrected chi connectivity index (χ3v) is 6.91. The zero-order chi connectivity index (χ0) is 25.5. The normalized spacial score (nSPS) is 12.9. The van der Waals surface area contributed by atoms with Crippen molar-refractivity contribution in [2.45, 2.75) is 25.8 Å². The number of aryl methyl sites for hydroxylation is 3. The smallest absolute Gasteiger partial charge is 0.259 e. The fraction of sp³-hybridized carbons (Fsp3) is 0.192. The van der Waals surface area contributed by atoms with E-state index in [4.69, 9.17) is 27.9 Å². The van der Waals surface area contributed by atoms with Crippen molar-refractivity contribution in [1.29, 1.82) is 0 Å². The lowest BCUT2D eigenvalue weighted by Gasteiger charge is -2.12. The molecule has 0 unspecified atom stereocenters. The maximum Gasteiger partial charge on any atom is 0.259 e. The number of anilines is 2. The number of benzene rings is 1. The number of rotatable bonds is 5. The molecule has 0 atom stereocenters. The highest BCUT2D eigenvalue weighted by atomic mass is 35.5. The van der Waals surface area contributed by atoms with Crippen molar-refractivity contribution < 1.29 is 4.74 Å². The van der Waals surface area contributed by atoms with E-state index >= 15 is 0 Å². The average molecular weight is 534 g/mol. The van der Waals surface area contributed by atoms with Crippen LogP contribution in [0.5, 0.6) is 11.8 Å². The van der Waals surface area contributed by atoms with Gasteiger partial charge in [0.05, 0.1) is 27.5 Å². The van der Waals surface area contributed by atoms with Gasteiger partial charge >= 0.3 is 0 Å². The Labute approximate surface area is 221 Å². The second-order valence-corrected chi connectivity index (χ2v) is 9.57. The summed E-state index contributed by atoms with van der Waals surface area (Å²) >= 11 is 12.7. The van der Waals surface area contributed by atoms with Crippen molar-refractivity contribution >= 4 is 45.9 Å². The largest absolute Gasteiger partial charge is 0.419 e. The number of pyridine rings is 2. The molecular weight excluding hydrogens is 513 g/mol. The lowest BCUT2D eigenvalue weighted by atomic mass is 10.1. The highest BCUT2D eigenvalue weighted by molar-refractivity contribution is 6.39. The highest BCUT2D eigenvalue weighted by Gasteiger charge is 2.17. The van der Waals surface area contributed by atoms with Crippen LogP contribution in [0.1, 0.15) is 18.5 Å². The van der Waals surface area contributed by atoms with E-state index < -0.39 is 0 Å². The van der Waals surface area contributed by atoms with E-state index in [1.165, 1.54) is 16.7 Å². The monoisotopic (exact) mass is 533 g/mol. The first-order valence-electron chi connectivity index (χ1n) is 11.7. The molecule has 1 aliphatic rings. The highest BCUT2D eigenvalue weighted by Crippen LogP contribution is 2.34. The van der Waals surface area contributed by atoms with Crippen LogP contribution in [0.25, 0.3) is 22.2 Å². The summed E-state index contributed by atoms with van der Waals surface area (Å²) in [7, 11) is 1.65. The summed E-state index contributed by atoms with van der Waals surface area (Å²) < 4.78 is 9.27. The van der Waals surface area contributed by atoms with E-state index in [-0.39, 0.29) is 5.56 Å². The molecule has 1 N–H and O–H groups in total. The Morgan fingerprint density at radius 2 is 1.84 bits per heavy atom. The molecule has 0 fully saturated rings. The molecule has 0 saturated heterocycles. The Morgan fingerprint density at radius 1 is 1.00 bits per heavy atom. The molecule has 0 bridgehead atoms. The van der Waals surface area contributed by atoms with Crippen molar-refractivity contribution in [1.82, 2.24) is 29.3 Å². The Morgan fingerprint density at radius 3 is 2.59 bits per heavy atom. The van der Waals surface area contributed by atoms with E-state index in [1.54, 1.807) is 49.8 Å². The predicted octanol–water partition coefficient (Wildman–Crippen LogP) is 5.77. The van der Waals surface area contributed by atoms with Gasteiger partial charge in [0, 0.05) is 48.6 Å². The first-order valence-corrected chi connectivity index (χ1v) is 12.5. The number of nitrogens with zero attached hydrogens (tertiary/aromatic N) is 6. The molecular formula is C26H21Cl2N7O2. The fourth-order valence-corrected chi connectivity index (χ4v) is 5.03. The number of hydrogen-bond donors (Lipinski definition) is 1. The van der Waals surface area contributed by atoms with Crippen molar-refractivity contribution in [2.24, 2.45) is 7.05 Å². The zero-order valence-electron chi connectivity index (χ0n) is 19.8. The van der Waals surface area contributed by atoms with Crippen LogP contribution in [0.4, 0.5) is 11.6 Å². The molecule has 6 rings (SSSR count). The van der Waals surface area contributed by atoms with E-state index in [0.29, 0.717) is 55.6 Å². The minimum Gasteiger partial charge on any atom is -0.419 e. The molecule has 0 spiro atoms. The molecule has 5 aromatic rings. The number of nitrogens with one attached hydrogen (secondary N) is 1. The second kappa shape index (κ2) is 9.49. The maximum atomic E-state index is 13.1. The van der Waals surface area contributed by atoms with Crippen molar-refractivity contribution in [3.63, 3.8) is 0 Å². The average Bonchev–Trinajstić information content (AvgIpc) is 3.30. The molecule has 186 valence electrons. The molecule has 0 aliphatic carbocycles. The van der Waals surface area contributed by atoms with Gasteiger partial charge < -0.3 is 10.1 Å². The molecule has 0 amide bonds. The van der Waals surface area contributed by atoms with E-state index in [1.807, 2.05) is 16.8 Å². The summed E-state index contributed by atoms with van der Waals surface area (Å²) in [5.41, 5.74) is 2.92. The molecule has 1 aromatic carbocycles. The maximum absolute atomic E-state index is 13.1. The van der Waals surface area contributed by atoms with Crippen LogP contribution in [-0.2, 0) is 20.0 Å². The van der Waals surface area contributed by atoms with Crippen LogP contribution in [0, 0.1) is 0 Å². The molecule has 1 aliphatic heterocycles. The minimum absolute atomic E-state index is 0.267. The van der Waals surface area contributed by atoms with Gasteiger partial charge in [-0.2, -0.15) is 4.98 Å². The Hall–Kier alpha value is -3.95. The molecule has 5 heterocycles. The Kier molecular flexibility index (Phi) is 6.02. The SMILES string of the molecule is Cn1c(=O)c(-c2c(Cl)cccc2Cl)cc2cnc(Nc3ccc(Oc4cc5n(n4)CCCC5)nc3)nc21. The molecule has 11 heteroatoms. The Bertz CT molecular complexity index is 1650.